The lowest BCUT2D eigenvalue weighted by molar-refractivity contribution is -0.145. The third kappa shape index (κ3) is 3.62. The van der Waals surface area contributed by atoms with Crippen LogP contribution in [0.2, 0.25) is 0 Å². The molecule has 11 heavy (non-hydrogen) atoms. The second-order valence-corrected chi connectivity index (χ2v) is 4.04. The van der Waals surface area contributed by atoms with Crippen LogP contribution in [0.15, 0.2) is 0 Å². The number of ether oxygens (including phenoxy) is 1. The molecule has 4 heteroatoms. The van der Waals surface area contributed by atoms with Crippen LogP contribution in [-0.2, 0) is 9.53 Å². The fourth-order valence-corrected chi connectivity index (χ4v) is 0.626. The summed E-state index contributed by atoms with van der Waals surface area (Å²) in [5.41, 5.74) is 5.53. The molecule has 0 aliphatic heterocycles. The van der Waals surface area contributed by atoms with Crippen molar-refractivity contribution in [1.82, 2.24) is 0 Å². The van der Waals surface area contributed by atoms with Crippen LogP contribution < -0.4 is 5.73 Å². The van der Waals surface area contributed by atoms with Gasteiger partial charge in [-0.3, -0.25) is 4.79 Å². The van der Waals surface area contributed by atoms with E-state index < -0.39 is 16.8 Å². The van der Waals surface area contributed by atoms with Gasteiger partial charge in [-0.1, -0.05) is 0 Å². The highest BCUT2D eigenvalue weighted by Crippen LogP contribution is 2.16. The predicted molar refractivity (Wildman–Crippen MR) is 47.7 cm³/mol. The molecule has 0 aliphatic rings. The maximum absolute atomic E-state index is 11.0. The van der Waals surface area contributed by atoms with E-state index in [2.05, 4.69) is 12.6 Å². The average Bonchev–Trinajstić information content (AvgIpc) is 1.85. The molecule has 3 nitrogen and oxygen atoms in total. The van der Waals surface area contributed by atoms with Crippen LogP contribution >= 0.6 is 12.6 Å². The topological polar surface area (TPSA) is 52.3 Å². The Morgan fingerprint density at radius 2 is 2.18 bits per heavy atom. The van der Waals surface area contributed by atoms with E-state index in [-0.39, 0.29) is 0 Å². The molecule has 0 bridgehead atoms. The number of thiol groups is 1. The summed E-state index contributed by atoms with van der Waals surface area (Å²) in [4.78, 5) is 11.0. The molecule has 66 valence electrons. The molecule has 0 unspecified atom stereocenters. The van der Waals surface area contributed by atoms with Crippen LogP contribution in [0.4, 0.5) is 0 Å². The highest BCUT2D eigenvalue weighted by atomic mass is 32.1. The summed E-state index contributed by atoms with van der Waals surface area (Å²) >= 11 is 4.16. The molecular weight excluding hydrogens is 162 g/mol. The zero-order chi connectivity index (χ0) is 9.07. The molecule has 0 aromatic carbocycles. The first-order chi connectivity index (χ1) is 4.89. The quantitative estimate of drug-likeness (QED) is 0.490. The fraction of sp³-hybridized carbons (Fsp3) is 0.857. The molecule has 0 heterocycles. The van der Waals surface area contributed by atoms with E-state index in [1.807, 2.05) is 0 Å². The molecule has 0 aromatic heterocycles. The standard InChI is InChI=1S/C7H15NO2S/c1-4-10-6(9)5(8)7(2,3)11/h5,11H,4,8H2,1-3H3/t5-/m1/s1. The Bertz CT molecular complexity index is 142. The SMILES string of the molecule is CCOC(=O)[C@@H](N)C(C)(C)S. The first-order valence-corrected chi connectivity index (χ1v) is 3.99. The maximum Gasteiger partial charge on any atom is 0.324 e. The Morgan fingerprint density at radius 1 is 1.73 bits per heavy atom. The summed E-state index contributed by atoms with van der Waals surface area (Å²) in [5.74, 6) is -0.396. The third-order valence-electron chi connectivity index (χ3n) is 1.30. The molecule has 0 aliphatic carbocycles. The summed E-state index contributed by atoms with van der Waals surface area (Å²) in [7, 11) is 0. The monoisotopic (exact) mass is 177 g/mol. The van der Waals surface area contributed by atoms with Crippen molar-refractivity contribution in [1.29, 1.82) is 0 Å². The molecule has 0 aromatic rings. The van der Waals surface area contributed by atoms with Crippen LogP contribution in [0.25, 0.3) is 0 Å². The van der Waals surface area contributed by atoms with Crippen molar-refractivity contribution in [2.45, 2.75) is 31.6 Å². The van der Waals surface area contributed by atoms with E-state index in [0.29, 0.717) is 6.61 Å². The van der Waals surface area contributed by atoms with Crippen LogP contribution in [0.1, 0.15) is 20.8 Å². The van der Waals surface area contributed by atoms with Crippen molar-refractivity contribution < 1.29 is 9.53 Å². The van der Waals surface area contributed by atoms with Gasteiger partial charge >= 0.3 is 5.97 Å². The normalized spacial score (nSPS) is 14.3. The summed E-state index contributed by atoms with van der Waals surface area (Å²) in [6.07, 6.45) is 0. The van der Waals surface area contributed by atoms with Crippen molar-refractivity contribution in [2.75, 3.05) is 6.61 Å². The van der Waals surface area contributed by atoms with E-state index in [9.17, 15) is 4.79 Å². The zero-order valence-corrected chi connectivity index (χ0v) is 8.02. The minimum Gasteiger partial charge on any atom is -0.465 e. The number of esters is 1. The molecule has 0 rings (SSSR count). The van der Waals surface area contributed by atoms with Gasteiger partial charge < -0.3 is 10.5 Å². The van der Waals surface area contributed by atoms with E-state index in [0.717, 1.165) is 0 Å². The van der Waals surface area contributed by atoms with Gasteiger partial charge in [0.15, 0.2) is 0 Å². The molecule has 1 atom stereocenters. The smallest absolute Gasteiger partial charge is 0.324 e. The number of rotatable bonds is 3. The van der Waals surface area contributed by atoms with E-state index in [1.165, 1.54) is 0 Å². The van der Waals surface area contributed by atoms with Gasteiger partial charge in [-0.2, -0.15) is 12.6 Å². The molecule has 0 spiro atoms. The van der Waals surface area contributed by atoms with Gasteiger partial charge in [-0.05, 0) is 20.8 Å². The molecule has 0 fully saturated rings. The Morgan fingerprint density at radius 3 is 2.45 bits per heavy atom. The van der Waals surface area contributed by atoms with Crippen molar-refractivity contribution in [3.05, 3.63) is 0 Å². The largest absolute Gasteiger partial charge is 0.465 e. The van der Waals surface area contributed by atoms with Gasteiger partial charge in [-0.25, -0.2) is 0 Å². The van der Waals surface area contributed by atoms with Crippen LogP contribution in [0, 0.1) is 0 Å². The number of hydrogen-bond acceptors (Lipinski definition) is 4. The Labute approximate surface area is 72.7 Å². The van der Waals surface area contributed by atoms with E-state index >= 15 is 0 Å². The van der Waals surface area contributed by atoms with Crippen molar-refractivity contribution in [2.24, 2.45) is 5.73 Å². The number of hydrogen-bond donors (Lipinski definition) is 2. The first-order valence-electron chi connectivity index (χ1n) is 3.54. The lowest BCUT2D eigenvalue weighted by Gasteiger charge is -2.23. The van der Waals surface area contributed by atoms with Gasteiger partial charge in [0.1, 0.15) is 6.04 Å². The number of carbonyl (C=O) groups is 1. The van der Waals surface area contributed by atoms with Gasteiger partial charge in [0, 0.05) is 4.75 Å². The lowest BCUT2D eigenvalue weighted by atomic mass is 10.1. The second-order valence-electron chi connectivity index (χ2n) is 2.88. The predicted octanol–water partition coefficient (Wildman–Crippen LogP) is 0.585. The number of carbonyl (C=O) groups excluding carboxylic acids is 1. The summed E-state index contributed by atoms with van der Waals surface area (Å²) in [6.45, 7) is 5.65. The highest BCUT2D eigenvalue weighted by molar-refractivity contribution is 7.81. The van der Waals surface area contributed by atoms with Crippen molar-refractivity contribution in [3.8, 4) is 0 Å². The van der Waals surface area contributed by atoms with Crippen LogP contribution in [0.5, 0.6) is 0 Å². The number of nitrogens with two attached hydrogens (primary N) is 1. The Balaban J connectivity index is 4.03. The van der Waals surface area contributed by atoms with E-state index in [4.69, 9.17) is 10.5 Å². The Hall–Kier alpha value is -0.220. The summed E-state index contributed by atoms with van der Waals surface area (Å²) in [5, 5.41) is 0. The van der Waals surface area contributed by atoms with Crippen LogP contribution in [-0.4, -0.2) is 23.4 Å². The second kappa shape index (κ2) is 3.97. The van der Waals surface area contributed by atoms with E-state index in [1.54, 1.807) is 20.8 Å². The van der Waals surface area contributed by atoms with Crippen molar-refractivity contribution >= 4 is 18.6 Å². The average molecular weight is 177 g/mol. The molecule has 0 amide bonds. The Kier molecular flexibility index (Phi) is 3.89. The summed E-state index contributed by atoms with van der Waals surface area (Å²) < 4.78 is 4.20. The molecule has 0 saturated heterocycles. The fourth-order valence-electron chi connectivity index (χ4n) is 0.520. The minimum absolute atomic E-state index is 0.358. The highest BCUT2D eigenvalue weighted by Gasteiger charge is 2.29. The van der Waals surface area contributed by atoms with Crippen molar-refractivity contribution in [3.63, 3.8) is 0 Å². The lowest BCUT2D eigenvalue weighted by Crippen LogP contribution is -2.46. The minimum atomic E-state index is -0.661. The molecule has 0 radical (unpaired) electrons. The molecular formula is C7H15NO2S. The van der Waals surface area contributed by atoms with Gasteiger partial charge in [0.2, 0.25) is 0 Å². The third-order valence-corrected chi connectivity index (χ3v) is 1.58. The van der Waals surface area contributed by atoms with Gasteiger partial charge in [0.25, 0.3) is 0 Å². The summed E-state index contributed by atoms with van der Waals surface area (Å²) in [6, 6.07) is -0.661. The first kappa shape index (κ1) is 10.8. The zero-order valence-electron chi connectivity index (χ0n) is 7.13. The maximum atomic E-state index is 11.0. The molecule has 2 N–H and O–H groups in total. The van der Waals surface area contributed by atoms with Gasteiger partial charge in [-0.15, -0.1) is 0 Å². The van der Waals surface area contributed by atoms with Gasteiger partial charge in [0.05, 0.1) is 6.61 Å². The molecule has 0 saturated carbocycles. The van der Waals surface area contributed by atoms with Crippen LogP contribution in [0.3, 0.4) is 0 Å².